The molecule has 0 amide bonds. The minimum absolute atomic E-state index is 0.259. The van der Waals surface area contributed by atoms with Crippen LogP contribution in [0.3, 0.4) is 0 Å². The molecule has 2 nitrogen and oxygen atoms in total. The third-order valence-electron chi connectivity index (χ3n) is 3.76. The van der Waals surface area contributed by atoms with Crippen molar-refractivity contribution in [2.45, 2.75) is 40.2 Å². The molecule has 0 aromatic heterocycles. The van der Waals surface area contributed by atoms with Crippen LogP contribution in [0.1, 0.15) is 44.9 Å². The molecule has 1 aromatic carbocycles. The van der Waals surface area contributed by atoms with Crippen LogP contribution in [0.2, 0.25) is 0 Å². The van der Waals surface area contributed by atoms with Crippen LogP contribution in [0.4, 0.5) is 0 Å². The van der Waals surface area contributed by atoms with E-state index in [1.165, 1.54) is 17.5 Å². The van der Waals surface area contributed by atoms with Gasteiger partial charge >= 0.3 is 0 Å². The Morgan fingerprint density at radius 3 is 2.17 bits per heavy atom. The van der Waals surface area contributed by atoms with Gasteiger partial charge in [-0.3, -0.25) is 0 Å². The molecular formula is C16H28N2. The number of benzene rings is 1. The Morgan fingerprint density at radius 1 is 1.11 bits per heavy atom. The first-order valence-electron chi connectivity index (χ1n) is 7.23. The van der Waals surface area contributed by atoms with Gasteiger partial charge in [0.25, 0.3) is 0 Å². The summed E-state index contributed by atoms with van der Waals surface area (Å²) >= 11 is 0. The van der Waals surface area contributed by atoms with E-state index in [-0.39, 0.29) is 6.04 Å². The van der Waals surface area contributed by atoms with Gasteiger partial charge in [-0.05, 0) is 24.6 Å². The summed E-state index contributed by atoms with van der Waals surface area (Å²) in [6.07, 6.45) is 1.18. The maximum absolute atomic E-state index is 6.32. The molecule has 1 aromatic rings. The lowest BCUT2D eigenvalue weighted by molar-refractivity contribution is 0.00930. The lowest BCUT2D eigenvalue weighted by Gasteiger charge is -2.49. The topological polar surface area (TPSA) is 29.3 Å². The zero-order valence-corrected chi connectivity index (χ0v) is 12.5. The highest BCUT2D eigenvalue weighted by atomic mass is 15.2. The molecule has 1 spiro atoms. The van der Waals surface area contributed by atoms with E-state index in [2.05, 4.69) is 36.2 Å². The van der Waals surface area contributed by atoms with E-state index in [0.717, 1.165) is 13.1 Å². The molecule has 0 bridgehead atoms. The van der Waals surface area contributed by atoms with E-state index in [9.17, 15) is 0 Å². The molecule has 2 N–H and O–H groups in total. The molecule has 1 atom stereocenters. The van der Waals surface area contributed by atoms with E-state index in [1.807, 2.05) is 27.7 Å². The van der Waals surface area contributed by atoms with Gasteiger partial charge in [0.2, 0.25) is 0 Å². The maximum atomic E-state index is 6.32. The maximum Gasteiger partial charge on any atom is 0.0382 e. The number of rotatable bonds is 0. The van der Waals surface area contributed by atoms with Crippen molar-refractivity contribution in [3.8, 4) is 0 Å². The van der Waals surface area contributed by atoms with E-state index in [0.29, 0.717) is 5.41 Å². The van der Waals surface area contributed by atoms with Crippen molar-refractivity contribution in [1.29, 1.82) is 0 Å². The van der Waals surface area contributed by atoms with Crippen LogP contribution in [-0.4, -0.2) is 25.0 Å². The van der Waals surface area contributed by atoms with Crippen molar-refractivity contribution in [2.75, 3.05) is 20.1 Å². The van der Waals surface area contributed by atoms with E-state index >= 15 is 0 Å². The van der Waals surface area contributed by atoms with Crippen molar-refractivity contribution in [1.82, 2.24) is 4.90 Å². The standard InChI is InChI=1S/C12H16N2.2C2H6/c1-14-7-12(8-14)6-9-4-2-3-5-10(9)11(12)13;2*1-2/h2-5,11H,6-8,13H2,1H3;2*1-2H3/t11-;;/m0../s1. The second-order valence-electron chi connectivity index (χ2n) is 4.89. The summed E-state index contributed by atoms with van der Waals surface area (Å²) in [5, 5.41) is 0. The molecule has 2 heteroatoms. The van der Waals surface area contributed by atoms with Gasteiger partial charge in [0.1, 0.15) is 0 Å². The Kier molecular flexibility index (Phi) is 5.36. The lowest BCUT2D eigenvalue weighted by atomic mass is 9.74. The van der Waals surface area contributed by atoms with Crippen LogP contribution in [0.25, 0.3) is 0 Å². The molecule has 0 radical (unpaired) electrons. The number of hydrogen-bond donors (Lipinski definition) is 1. The first-order valence-corrected chi connectivity index (χ1v) is 7.23. The number of fused-ring (bicyclic) bond motifs is 1. The van der Waals surface area contributed by atoms with Gasteiger partial charge < -0.3 is 10.6 Å². The first kappa shape index (κ1) is 15.2. The van der Waals surface area contributed by atoms with Gasteiger partial charge in [-0.2, -0.15) is 0 Å². The van der Waals surface area contributed by atoms with Gasteiger partial charge in [0.05, 0.1) is 0 Å². The highest BCUT2D eigenvalue weighted by Crippen LogP contribution is 2.49. The van der Waals surface area contributed by atoms with Crippen LogP contribution < -0.4 is 5.73 Å². The Morgan fingerprint density at radius 2 is 1.67 bits per heavy atom. The second kappa shape index (κ2) is 6.35. The highest BCUT2D eigenvalue weighted by Gasteiger charge is 2.50. The Labute approximate surface area is 112 Å². The predicted octanol–water partition coefficient (Wildman–Crippen LogP) is 3.23. The largest absolute Gasteiger partial charge is 0.323 e. The Balaban J connectivity index is 0.000000371. The fourth-order valence-electron chi connectivity index (χ4n) is 3.16. The van der Waals surface area contributed by atoms with Crippen molar-refractivity contribution >= 4 is 0 Å². The van der Waals surface area contributed by atoms with E-state index in [1.54, 1.807) is 0 Å². The minimum atomic E-state index is 0.259. The predicted molar refractivity (Wildman–Crippen MR) is 79.7 cm³/mol. The van der Waals surface area contributed by atoms with Gasteiger partial charge in [-0.15, -0.1) is 0 Å². The lowest BCUT2D eigenvalue weighted by Crippen LogP contribution is -2.58. The molecular weight excluding hydrogens is 220 g/mol. The number of nitrogens with two attached hydrogens (primary N) is 1. The summed E-state index contributed by atoms with van der Waals surface area (Å²) in [6.45, 7) is 10.3. The average molecular weight is 248 g/mol. The van der Waals surface area contributed by atoms with Gasteiger partial charge in [-0.25, -0.2) is 0 Å². The first-order chi connectivity index (χ1) is 8.71. The number of hydrogen-bond acceptors (Lipinski definition) is 2. The van der Waals surface area contributed by atoms with Crippen molar-refractivity contribution in [3.05, 3.63) is 35.4 Å². The molecule has 2 aliphatic rings. The molecule has 1 heterocycles. The molecule has 0 unspecified atom stereocenters. The average Bonchev–Trinajstić information content (AvgIpc) is 2.69. The molecule has 1 aliphatic heterocycles. The van der Waals surface area contributed by atoms with E-state index in [4.69, 9.17) is 5.73 Å². The second-order valence-corrected chi connectivity index (χ2v) is 4.89. The molecule has 18 heavy (non-hydrogen) atoms. The summed E-state index contributed by atoms with van der Waals surface area (Å²) in [5.74, 6) is 0. The molecule has 1 saturated heterocycles. The van der Waals surface area contributed by atoms with Crippen LogP contribution in [0.15, 0.2) is 24.3 Å². The normalized spacial score (nSPS) is 23.1. The van der Waals surface area contributed by atoms with Gasteiger partial charge in [-0.1, -0.05) is 52.0 Å². The number of likely N-dealkylation sites (tertiary alicyclic amines) is 1. The fourth-order valence-corrected chi connectivity index (χ4v) is 3.16. The molecule has 102 valence electrons. The quantitative estimate of drug-likeness (QED) is 0.764. The van der Waals surface area contributed by atoms with Crippen LogP contribution in [0, 0.1) is 5.41 Å². The fraction of sp³-hybridized carbons (Fsp3) is 0.625. The van der Waals surface area contributed by atoms with Crippen molar-refractivity contribution in [2.24, 2.45) is 11.1 Å². The Bertz CT molecular complexity index is 367. The third kappa shape index (κ3) is 2.45. The zero-order chi connectivity index (χ0) is 13.8. The smallest absolute Gasteiger partial charge is 0.0382 e. The summed E-state index contributed by atoms with van der Waals surface area (Å²) in [4.78, 5) is 2.35. The molecule has 3 rings (SSSR count). The van der Waals surface area contributed by atoms with Crippen LogP contribution in [-0.2, 0) is 6.42 Å². The third-order valence-corrected chi connectivity index (χ3v) is 3.76. The van der Waals surface area contributed by atoms with Crippen molar-refractivity contribution in [3.63, 3.8) is 0 Å². The molecule has 1 aliphatic carbocycles. The molecule has 0 saturated carbocycles. The van der Waals surface area contributed by atoms with Gasteiger partial charge in [0.15, 0.2) is 0 Å². The molecule has 1 fully saturated rings. The number of nitrogens with zero attached hydrogens (tertiary/aromatic N) is 1. The zero-order valence-electron chi connectivity index (χ0n) is 12.5. The summed E-state index contributed by atoms with van der Waals surface area (Å²) in [6, 6.07) is 8.89. The van der Waals surface area contributed by atoms with Crippen LogP contribution in [0.5, 0.6) is 0 Å². The van der Waals surface area contributed by atoms with Crippen molar-refractivity contribution < 1.29 is 0 Å². The summed E-state index contributed by atoms with van der Waals surface area (Å²) in [7, 11) is 2.17. The van der Waals surface area contributed by atoms with Crippen LogP contribution >= 0.6 is 0 Å². The Hall–Kier alpha value is -0.860. The minimum Gasteiger partial charge on any atom is -0.323 e. The van der Waals surface area contributed by atoms with Gasteiger partial charge in [0, 0.05) is 24.5 Å². The monoisotopic (exact) mass is 248 g/mol. The highest BCUT2D eigenvalue weighted by molar-refractivity contribution is 5.39. The van der Waals surface area contributed by atoms with E-state index < -0.39 is 0 Å². The summed E-state index contributed by atoms with van der Waals surface area (Å²) < 4.78 is 0. The summed E-state index contributed by atoms with van der Waals surface area (Å²) in [5.41, 5.74) is 9.52. The SMILES string of the molecule is CC.CC.CN1CC2(Cc3ccccc3[C@@H]2N)C1.